The van der Waals surface area contributed by atoms with E-state index in [1.807, 2.05) is 6.07 Å². The predicted molar refractivity (Wildman–Crippen MR) is 247 cm³/mol. The van der Waals surface area contributed by atoms with Crippen LogP contribution >= 0.6 is 0 Å². The van der Waals surface area contributed by atoms with Crippen molar-refractivity contribution in [2.24, 2.45) is 4.99 Å². The molecule has 1 aromatic heterocycles. The Labute approximate surface area is 338 Å². The van der Waals surface area contributed by atoms with Crippen LogP contribution in [0, 0.1) is 0 Å². The summed E-state index contributed by atoms with van der Waals surface area (Å²) in [5.41, 5.74) is 9.35. The molecule has 0 amide bonds. The fourth-order valence-electron chi connectivity index (χ4n) is 8.51. The summed E-state index contributed by atoms with van der Waals surface area (Å²) in [5.74, 6) is 0.820. The highest BCUT2D eigenvalue weighted by molar-refractivity contribution is 6.23. The van der Waals surface area contributed by atoms with Crippen molar-refractivity contribution in [2.45, 2.75) is 6.54 Å². The number of aliphatic imine (C=N–C) groups is 1. The van der Waals surface area contributed by atoms with E-state index in [2.05, 4.69) is 218 Å². The van der Waals surface area contributed by atoms with Gasteiger partial charge in [0.1, 0.15) is 5.82 Å². The van der Waals surface area contributed by atoms with E-state index in [1.54, 1.807) is 0 Å². The van der Waals surface area contributed by atoms with Crippen molar-refractivity contribution in [3.63, 3.8) is 0 Å². The standard InChI is InChI=1S/C55H39N3/c1-56-53(40-22-7-3-8-23-40)55(41-24-9-4-10-25-41)58(37-38-19-5-2-6-20-38)50-36-43-27-13-14-28-45(43)54(57-50)52-48-31-17-15-29-46(48)51(47-30-16-18-32-49(47)52)44-34-33-39-21-11-12-26-42(39)35-44/h2-36H,1,37H2/b55-53-. The summed E-state index contributed by atoms with van der Waals surface area (Å²) < 4.78 is 0. The highest BCUT2D eigenvalue weighted by Crippen LogP contribution is 2.46. The molecular formula is C55H39N3. The van der Waals surface area contributed by atoms with Crippen LogP contribution in [0.5, 0.6) is 0 Å². The zero-order valence-corrected chi connectivity index (χ0v) is 32.0. The number of hydrogen-bond acceptors (Lipinski definition) is 3. The van der Waals surface area contributed by atoms with Gasteiger partial charge >= 0.3 is 0 Å². The topological polar surface area (TPSA) is 28.5 Å². The Hall–Kier alpha value is -7.62. The molecule has 0 aliphatic heterocycles. The predicted octanol–water partition coefficient (Wildman–Crippen LogP) is 14.3. The van der Waals surface area contributed by atoms with Gasteiger partial charge in [0.05, 0.1) is 17.1 Å². The lowest BCUT2D eigenvalue weighted by Crippen LogP contribution is -2.23. The molecule has 0 aliphatic carbocycles. The van der Waals surface area contributed by atoms with Crippen molar-refractivity contribution in [3.05, 3.63) is 229 Å². The van der Waals surface area contributed by atoms with Gasteiger partial charge in [-0.1, -0.05) is 200 Å². The number of rotatable bonds is 9. The Morgan fingerprint density at radius 1 is 0.448 bits per heavy atom. The summed E-state index contributed by atoms with van der Waals surface area (Å²) in [6, 6.07) is 75.4. The third-order valence-corrected chi connectivity index (χ3v) is 11.1. The third kappa shape index (κ3) is 6.29. The van der Waals surface area contributed by atoms with Crippen LogP contribution in [0.2, 0.25) is 0 Å². The van der Waals surface area contributed by atoms with Gasteiger partial charge in [-0.2, -0.15) is 0 Å². The van der Waals surface area contributed by atoms with Crippen LogP contribution in [0.25, 0.3) is 76.9 Å². The zero-order valence-electron chi connectivity index (χ0n) is 32.0. The SMILES string of the molecule is C=N/C(=C(/c1ccccc1)N(Cc1ccccc1)c1cc2ccccc2c(-c2c3ccccc3c(-c3ccc4ccccc4c3)c3ccccc23)n1)c1ccccc1. The molecule has 0 saturated heterocycles. The van der Waals surface area contributed by atoms with Crippen molar-refractivity contribution in [1.82, 2.24) is 4.98 Å². The van der Waals surface area contributed by atoms with E-state index >= 15 is 0 Å². The molecule has 0 saturated carbocycles. The summed E-state index contributed by atoms with van der Waals surface area (Å²) in [6.07, 6.45) is 0. The summed E-state index contributed by atoms with van der Waals surface area (Å²) in [7, 11) is 0. The van der Waals surface area contributed by atoms with Gasteiger partial charge in [0.25, 0.3) is 0 Å². The molecule has 0 N–H and O–H groups in total. The van der Waals surface area contributed by atoms with E-state index in [0.717, 1.165) is 66.7 Å². The molecule has 3 nitrogen and oxygen atoms in total. The molecule has 1 heterocycles. The van der Waals surface area contributed by atoms with Gasteiger partial charge in [-0.3, -0.25) is 4.99 Å². The molecule has 0 aliphatic rings. The van der Waals surface area contributed by atoms with Gasteiger partial charge in [0.2, 0.25) is 0 Å². The lowest BCUT2D eigenvalue weighted by molar-refractivity contribution is 0.958. The molecule has 0 bridgehead atoms. The zero-order chi connectivity index (χ0) is 38.8. The lowest BCUT2D eigenvalue weighted by Gasteiger charge is -2.30. The van der Waals surface area contributed by atoms with Crippen LogP contribution < -0.4 is 4.90 Å². The Kier molecular flexibility index (Phi) is 9.09. The molecule has 58 heavy (non-hydrogen) atoms. The van der Waals surface area contributed by atoms with E-state index in [1.165, 1.54) is 32.7 Å². The van der Waals surface area contributed by atoms with Crippen molar-refractivity contribution >= 4 is 67.0 Å². The van der Waals surface area contributed by atoms with Crippen LogP contribution in [-0.4, -0.2) is 11.7 Å². The fraction of sp³-hybridized carbons (Fsp3) is 0.0182. The normalized spacial score (nSPS) is 11.9. The molecular weight excluding hydrogens is 703 g/mol. The minimum Gasteiger partial charge on any atom is -0.319 e. The minimum absolute atomic E-state index is 0.560. The van der Waals surface area contributed by atoms with Crippen LogP contribution in [0.3, 0.4) is 0 Å². The Balaban J connectivity index is 1.29. The number of hydrogen-bond donors (Lipinski definition) is 0. The maximum Gasteiger partial charge on any atom is 0.134 e. The van der Waals surface area contributed by atoms with Crippen molar-refractivity contribution < 1.29 is 0 Å². The van der Waals surface area contributed by atoms with Crippen LogP contribution in [0.1, 0.15) is 16.7 Å². The number of fused-ring (bicyclic) bond motifs is 4. The molecule has 0 spiro atoms. The molecule has 10 rings (SSSR count). The maximum absolute atomic E-state index is 5.80. The molecule has 0 radical (unpaired) electrons. The van der Waals surface area contributed by atoms with Crippen LogP contribution in [0.15, 0.2) is 217 Å². The number of benzene rings is 9. The summed E-state index contributed by atoms with van der Waals surface area (Å²) >= 11 is 0. The second kappa shape index (κ2) is 15.1. The summed E-state index contributed by atoms with van der Waals surface area (Å²) in [5, 5.41) is 9.35. The number of aromatic nitrogens is 1. The monoisotopic (exact) mass is 741 g/mol. The summed E-state index contributed by atoms with van der Waals surface area (Å²) in [6.45, 7) is 4.70. The molecule has 0 unspecified atom stereocenters. The summed E-state index contributed by atoms with van der Waals surface area (Å²) in [4.78, 5) is 12.9. The van der Waals surface area contributed by atoms with Gasteiger partial charge in [0, 0.05) is 28.6 Å². The third-order valence-electron chi connectivity index (χ3n) is 11.1. The van der Waals surface area contributed by atoms with E-state index in [0.29, 0.717) is 6.54 Å². The van der Waals surface area contributed by atoms with Gasteiger partial charge in [-0.15, -0.1) is 0 Å². The second-order valence-corrected chi connectivity index (χ2v) is 14.6. The molecule has 274 valence electrons. The highest BCUT2D eigenvalue weighted by Gasteiger charge is 2.25. The number of nitrogens with zero attached hydrogens (tertiary/aromatic N) is 3. The first-order valence-electron chi connectivity index (χ1n) is 19.7. The van der Waals surface area contributed by atoms with E-state index < -0.39 is 0 Å². The van der Waals surface area contributed by atoms with Gasteiger partial charge in [-0.05, 0) is 73.2 Å². The number of pyridine rings is 1. The molecule has 0 atom stereocenters. The minimum atomic E-state index is 0.560. The smallest absolute Gasteiger partial charge is 0.134 e. The average Bonchev–Trinajstić information content (AvgIpc) is 3.29. The van der Waals surface area contributed by atoms with E-state index in [-0.39, 0.29) is 0 Å². The van der Waals surface area contributed by atoms with Crippen LogP contribution in [0.4, 0.5) is 5.82 Å². The first-order valence-corrected chi connectivity index (χ1v) is 19.7. The van der Waals surface area contributed by atoms with Gasteiger partial charge < -0.3 is 4.90 Å². The average molecular weight is 742 g/mol. The van der Waals surface area contributed by atoms with Crippen molar-refractivity contribution in [3.8, 4) is 22.4 Å². The van der Waals surface area contributed by atoms with Crippen molar-refractivity contribution in [2.75, 3.05) is 4.90 Å². The van der Waals surface area contributed by atoms with Crippen molar-refractivity contribution in [1.29, 1.82) is 0 Å². The van der Waals surface area contributed by atoms with Gasteiger partial charge in [0.15, 0.2) is 0 Å². The molecule has 10 aromatic rings. The first-order chi connectivity index (χ1) is 28.7. The van der Waals surface area contributed by atoms with E-state index in [9.17, 15) is 0 Å². The Morgan fingerprint density at radius 2 is 0.948 bits per heavy atom. The second-order valence-electron chi connectivity index (χ2n) is 14.6. The van der Waals surface area contributed by atoms with E-state index in [4.69, 9.17) is 9.98 Å². The maximum atomic E-state index is 5.80. The molecule has 0 fully saturated rings. The molecule has 9 aromatic carbocycles. The van der Waals surface area contributed by atoms with Crippen LogP contribution in [-0.2, 0) is 6.54 Å². The largest absolute Gasteiger partial charge is 0.319 e. The van der Waals surface area contributed by atoms with Gasteiger partial charge in [-0.25, -0.2) is 4.98 Å². The number of anilines is 1. The first kappa shape index (κ1) is 34.8. The lowest BCUT2D eigenvalue weighted by atomic mass is 9.86. The quantitative estimate of drug-likeness (QED) is 0.0837. The Bertz CT molecular complexity index is 3090. The Morgan fingerprint density at radius 3 is 1.57 bits per heavy atom. The molecule has 3 heteroatoms. The fourth-order valence-corrected chi connectivity index (χ4v) is 8.51. The highest BCUT2D eigenvalue weighted by atomic mass is 15.2.